The van der Waals surface area contributed by atoms with Gasteiger partial charge in [0.05, 0.1) is 33.3 Å². The summed E-state index contributed by atoms with van der Waals surface area (Å²) in [5.41, 5.74) is 0.532. The predicted molar refractivity (Wildman–Crippen MR) is 108 cm³/mol. The highest BCUT2D eigenvalue weighted by molar-refractivity contribution is 5.99. The van der Waals surface area contributed by atoms with Gasteiger partial charge in [-0.05, 0) is 50.5 Å². The Labute approximate surface area is 170 Å². The Hall–Kier alpha value is -2.87. The van der Waals surface area contributed by atoms with Crippen LogP contribution in [0.1, 0.15) is 35.4 Å². The Balaban J connectivity index is 1.66. The van der Waals surface area contributed by atoms with Crippen LogP contribution in [0.4, 0.5) is 5.82 Å². The van der Waals surface area contributed by atoms with Crippen LogP contribution >= 0.6 is 0 Å². The minimum absolute atomic E-state index is 0.0376. The normalized spacial score (nSPS) is 14.4. The Morgan fingerprint density at radius 1 is 1.21 bits per heavy atom. The summed E-state index contributed by atoms with van der Waals surface area (Å²) >= 11 is 0. The highest BCUT2D eigenvalue weighted by atomic mass is 16.5. The smallest absolute Gasteiger partial charge is 0.254 e. The van der Waals surface area contributed by atoms with Crippen molar-refractivity contribution < 1.29 is 23.7 Å². The van der Waals surface area contributed by atoms with E-state index in [0.29, 0.717) is 29.4 Å². The molecule has 0 spiro atoms. The lowest BCUT2D eigenvalue weighted by molar-refractivity contribution is -0.904. The highest BCUT2D eigenvalue weighted by Gasteiger charge is 2.22. The topological polar surface area (TPSA) is 89.1 Å². The molecule has 1 fully saturated rings. The zero-order valence-electron chi connectivity index (χ0n) is 17.1. The number of methoxy groups -OCH3 is 1. The van der Waals surface area contributed by atoms with E-state index >= 15 is 0 Å². The van der Waals surface area contributed by atoms with Crippen molar-refractivity contribution in [2.24, 2.45) is 0 Å². The summed E-state index contributed by atoms with van der Waals surface area (Å²) in [6, 6.07) is 8.59. The van der Waals surface area contributed by atoms with Crippen LogP contribution in [0, 0.1) is 6.92 Å². The van der Waals surface area contributed by atoms with E-state index in [4.69, 9.17) is 9.26 Å². The van der Waals surface area contributed by atoms with Crippen molar-refractivity contribution in [3.63, 3.8) is 0 Å². The Bertz CT molecular complexity index is 812. The van der Waals surface area contributed by atoms with Crippen LogP contribution in [0.5, 0.6) is 5.75 Å². The molecule has 156 valence electrons. The first-order valence-electron chi connectivity index (χ1n) is 10.0. The molecule has 0 radical (unpaired) electrons. The van der Waals surface area contributed by atoms with Crippen LogP contribution in [0.25, 0.3) is 0 Å². The van der Waals surface area contributed by atoms with Crippen LogP contribution < -0.4 is 15.0 Å². The monoisotopic (exact) mass is 401 g/mol. The summed E-state index contributed by atoms with van der Waals surface area (Å²) in [5, 5.41) is 6.47. The Morgan fingerprint density at radius 2 is 1.93 bits per heavy atom. The second-order valence-corrected chi connectivity index (χ2v) is 7.39. The number of aromatic nitrogens is 1. The molecule has 8 nitrogen and oxygen atoms in total. The molecule has 0 atom stereocenters. The fourth-order valence-electron chi connectivity index (χ4n) is 3.54. The number of anilines is 1. The van der Waals surface area contributed by atoms with Gasteiger partial charge in [0, 0.05) is 11.6 Å². The van der Waals surface area contributed by atoms with Gasteiger partial charge in [0.25, 0.3) is 5.91 Å². The minimum atomic E-state index is -0.297. The van der Waals surface area contributed by atoms with Gasteiger partial charge in [-0.2, -0.15) is 0 Å². The van der Waals surface area contributed by atoms with Gasteiger partial charge in [-0.1, -0.05) is 5.16 Å². The molecule has 29 heavy (non-hydrogen) atoms. The maximum Gasteiger partial charge on any atom is 0.254 e. The number of nitrogens with zero attached hydrogens (tertiary/aromatic N) is 2. The van der Waals surface area contributed by atoms with Crippen LogP contribution in [0.3, 0.4) is 0 Å². The lowest BCUT2D eigenvalue weighted by Gasteiger charge is -2.27. The summed E-state index contributed by atoms with van der Waals surface area (Å²) in [4.78, 5) is 28.7. The van der Waals surface area contributed by atoms with E-state index < -0.39 is 0 Å². The molecule has 2 aromatic rings. The fourth-order valence-corrected chi connectivity index (χ4v) is 3.54. The largest absolute Gasteiger partial charge is 0.497 e. The second-order valence-electron chi connectivity index (χ2n) is 7.39. The molecule has 8 heteroatoms. The summed E-state index contributed by atoms with van der Waals surface area (Å²) in [7, 11) is 1.58. The maximum absolute atomic E-state index is 13.1. The van der Waals surface area contributed by atoms with Gasteiger partial charge in [0.2, 0.25) is 5.91 Å². The van der Waals surface area contributed by atoms with E-state index in [9.17, 15) is 9.59 Å². The Kier molecular flexibility index (Phi) is 7.24. The van der Waals surface area contributed by atoms with Gasteiger partial charge in [-0.25, -0.2) is 0 Å². The van der Waals surface area contributed by atoms with Crippen LogP contribution in [-0.2, 0) is 4.79 Å². The molecule has 3 rings (SSSR count). The molecule has 1 saturated heterocycles. The van der Waals surface area contributed by atoms with Crippen molar-refractivity contribution in [2.45, 2.75) is 26.2 Å². The molecule has 1 aromatic carbocycles. The minimum Gasteiger partial charge on any atom is -0.497 e. The number of nitrogens with one attached hydrogen (secondary N) is 2. The van der Waals surface area contributed by atoms with E-state index in [-0.39, 0.29) is 18.4 Å². The standard InChI is InChI=1S/C21H28N4O4/c1-16-14-19(23-29-16)22-20(26)15-25(13-12-24-10-4-3-5-11-24)21(27)17-6-8-18(28-2)9-7-17/h6-9,14H,3-5,10-13,15H2,1-2H3,(H,22,23,26)/p+1. The van der Waals surface area contributed by atoms with Crippen molar-refractivity contribution in [2.75, 3.05) is 45.2 Å². The molecule has 2 N–H and O–H groups in total. The number of carbonyl (C=O) groups is 2. The first kappa shape index (κ1) is 20.9. The predicted octanol–water partition coefficient (Wildman–Crippen LogP) is 1.14. The van der Waals surface area contributed by atoms with E-state index in [1.54, 1.807) is 49.3 Å². The summed E-state index contributed by atoms with van der Waals surface area (Å²) in [6.45, 7) is 5.31. The number of amides is 2. The number of benzene rings is 1. The van der Waals surface area contributed by atoms with Crippen molar-refractivity contribution in [1.82, 2.24) is 10.1 Å². The van der Waals surface area contributed by atoms with Crippen LogP contribution in [0.15, 0.2) is 34.9 Å². The van der Waals surface area contributed by atoms with E-state index in [2.05, 4.69) is 10.5 Å². The number of hydrogen-bond acceptors (Lipinski definition) is 5. The average molecular weight is 401 g/mol. The number of piperidine rings is 1. The fraction of sp³-hybridized carbons (Fsp3) is 0.476. The number of hydrogen-bond donors (Lipinski definition) is 2. The van der Waals surface area contributed by atoms with Crippen molar-refractivity contribution >= 4 is 17.6 Å². The van der Waals surface area contributed by atoms with Gasteiger partial charge in [0.15, 0.2) is 5.82 Å². The molecular weight excluding hydrogens is 372 g/mol. The van der Waals surface area contributed by atoms with Gasteiger partial charge >= 0.3 is 0 Å². The lowest BCUT2D eigenvalue weighted by Crippen LogP contribution is -3.13. The number of ether oxygens (including phenoxy) is 1. The van der Waals surface area contributed by atoms with Gasteiger partial charge in [-0.15, -0.1) is 0 Å². The lowest BCUT2D eigenvalue weighted by atomic mass is 10.1. The SMILES string of the molecule is COc1ccc(C(=O)N(CC[NH+]2CCCCC2)CC(=O)Nc2cc(C)on2)cc1. The number of likely N-dealkylation sites (tertiary alicyclic amines) is 1. The molecule has 1 aromatic heterocycles. The molecule has 0 unspecified atom stereocenters. The molecular formula is C21H29N4O4+. The number of aryl methyl sites for hydroxylation is 1. The van der Waals surface area contributed by atoms with Crippen LogP contribution in [0.2, 0.25) is 0 Å². The Morgan fingerprint density at radius 3 is 2.55 bits per heavy atom. The highest BCUT2D eigenvalue weighted by Crippen LogP contribution is 2.13. The maximum atomic E-state index is 13.1. The number of rotatable bonds is 8. The molecule has 2 amide bonds. The van der Waals surface area contributed by atoms with E-state index in [1.165, 1.54) is 24.2 Å². The van der Waals surface area contributed by atoms with Gasteiger partial charge in [0.1, 0.15) is 18.1 Å². The zero-order valence-corrected chi connectivity index (χ0v) is 17.1. The van der Waals surface area contributed by atoms with Crippen molar-refractivity contribution in [3.05, 3.63) is 41.7 Å². The van der Waals surface area contributed by atoms with Crippen molar-refractivity contribution in [1.29, 1.82) is 0 Å². The summed E-state index contributed by atoms with van der Waals surface area (Å²) in [5.74, 6) is 1.18. The third-order valence-electron chi connectivity index (χ3n) is 5.15. The summed E-state index contributed by atoms with van der Waals surface area (Å²) < 4.78 is 10.1. The van der Waals surface area contributed by atoms with Crippen LogP contribution in [-0.4, -0.2) is 61.7 Å². The molecule has 1 aliphatic heterocycles. The van der Waals surface area contributed by atoms with E-state index in [1.807, 2.05) is 0 Å². The van der Waals surface area contributed by atoms with Crippen molar-refractivity contribution in [3.8, 4) is 5.75 Å². The van der Waals surface area contributed by atoms with Gasteiger partial charge in [-0.3, -0.25) is 9.59 Å². The van der Waals surface area contributed by atoms with E-state index in [0.717, 1.165) is 19.6 Å². The molecule has 1 aliphatic rings. The second kappa shape index (κ2) is 10.1. The molecule has 0 saturated carbocycles. The molecule has 2 heterocycles. The third kappa shape index (κ3) is 6.05. The first-order valence-corrected chi connectivity index (χ1v) is 10.0. The molecule has 0 aliphatic carbocycles. The first-order chi connectivity index (χ1) is 14.0. The average Bonchev–Trinajstić information content (AvgIpc) is 3.15. The third-order valence-corrected chi connectivity index (χ3v) is 5.15. The molecule has 0 bridgehead atoms. The number of carbonyl (C=O) groups excluding carboxylic acids is 2. The number of quaternary nitrogens is 1. The zero-order chi connectivity index (χ0) is 20.6. The quantitative estimate of drug-likeness (QED) is 0.693. The van der Waals surface area contributed by atoms with Gasteiger partial charge < -0.3 is 24.4 Å². The summed E-state index contributed by atoms with van der Waals surface area (Å²) in [6.07, 6.45) is 3.71.